The summed E-state index contributed by atoms with van der Waals surface area (Å²) in [5.74, 6) is -0.323. The lowest BCUT2D eigenvalue weighted by Crippen LogP contribution is -2.33. The van der Waals surface area contributed by atoms with Crippen LogP contribution >= 0.6 is 0 Å². The number of benzene rings is 1. The van der Waals surface area contributed by atoms with Crippen LogP contribution in [0.3, 0.4) is 0 Å². The van der Waals surface area contributed by atoms with Crippen molar-refractivity contribution in [3.63, 3.8) is 0 Å². The number of likely N-dealkylation sites (tertiary alicyclic amines) is 1. The zero-order chi connectivity index (χ0) is 16.9. The Morgan fingerprint density at radius 3 is 3.00 bits per heavy atom. The van der Waals surface area contributed by atoms with Crippen molar-refractivity contribution in [3.05, 3.63) is 54.0 Å². The van der Waals surface area contributed by atoms with Crippen molar-refractivity contribution >= 4 is 11.6 Å². The fraction of sp³-hybridized carbons (Fsp3) is 0.333. The van der Waals surface area contributed by atoms with E-state index >= 15 is 0 Å². The fourth-order valence-corrected chi connectivity index (χ4v) is 2.79. The first kappa shape index (κ1) is 16.4. The molecule has 1 unspecified atom stereocenters. The summed E-state index contributed by atoms with van der Waals surface area (Å²) in [4.78, 5) is 17.9. The molecule has 1 aromatic carbocycles. The SMILES string of the molecule is Cc1cccc(NC(=O)CN2CCC(Oc3cccc(F)n3)C2)c1. The lowest BCUT2D eigenvalue weighted by atomic mass is 10.2. The summed E-state index contributed by atoms with van der Waals surface area (Å²) in [5, 5.41) is 2.90. The first-order chi connectivity index (χ1) is 11.6. The van der Waals surface area contributed by atoms with Crippen LogP contribution in [0.2, 0.25) is 0 Å². The van der Waals surface area contributed by atoms with E-state index in [1.807, 2.05) is 36.1 Å². The first-order valence-corrected chi connectivity index (χ1v) is 7.96. The second kappa shape index (κ2) is 7.40. The summed E-state index contributed by atoms with van der Waals surface area (Å²) in [6.45, 7) is 3.68. The van der Waals surface area contributed by atoms with Crippen LogP contribution in [-0.2, 0) is 4.79 Å². The van der Waals surface area contributed by atoms with Crippen molar-refractivity contribution in [1.82, 2.24) is 9.88 Å². The number of amides is 1. The molecule has 1 N–H and O–H groups in total. The van der Waals surface area contributed by atoms with Gasteiger partial charge >= 0.3 is 0 Å². The average molecular weight is 329 g/mol. The highest BCUT2D eigenvalue weighted by Gasteiger charge is 2.25. The normalized spacial score (nSPS) is 17.7. The molecule has 2 aromatic rings. The van der Waals surface area contributed by atoms with Crippen molar-refractivity contribution < 1.29 is 13.9 Å². The third kappa shape index (κ3) is 4.52. The predicted molar refractivity (Wildman–Crippen MR) is 89.5 cm³/mol. The molecule has 0 radical (unpaired) electrons. The quantitative estimate of drug-likeness (QED) is 0.857. The third-order valence-corrected chi connectivity index (χ3v) is 3.88. The number of hydrogen-bond donors (Lipinski definition) is 1. The number of halogens is 1. The van der Waals surface area contributed by atoms with Gasteiger partial charge in [-0.15, -0.1) is 0 Å². The molecule has 5 nitrogen and oxygen atoms in total. The second-order valence-electron chi connectivity index (χ2n) is 5.98. The molecule has 1 fully saturated rings. The zero-order valence-corrected chi connectivity index (χ0v) is 13.5. The van der Waals surface area contributed by atoms with E-state index in [4.69, 9.17) is 4.74 Å². The molecule has 1 amide bonds. The van der Waals surface area contributed by atoms with Crippen LogP contribution in [0.1, 0.15) is 12.0 Å². The molecule has 3 rings (SSSR count). The van der Waals surface area contributed by atoms with Crippen LogP contribution in [0.4, 0.5) is 10.1 Å². The Morgan fingerprint density at radius 1 is 1.38 bits per heavy atom. The highest BCUT2D eigenvalue weighted by Crippen LogP contribution is 2.17. The minimum absolute atomic E-state index is 0.0508. The first-order valence-electron chi connectivity index (χ1n) is 7.96. The molecule has 6 heteroatoms. The molecule has 1 atom stereocenters. The molecule has 0 aliphatic carbocycles. The molecule has 126 valence electrons. The molecule has 0 bridgehead atoms. The summed E-state index contributed by atoms with van der Waals surface area (Å²) in [7, 11) is 0. The highest BCUT2D eigenvalue weighted by molar-refractivity contribution is 5.92. The minimum atomic E-state index is -0.556. The van der Waals surface area contributed by atoms with Gasteiger partial charge in [-0.2, -0.15) is 9.37 Å². The largest absolute Gasteiger partial charge is 0.473 e. The molecule has 1 saturated heterocycles. The predicted octanol–water partition coefficient (Wildman–Crippen LogP) is 2.62. The van der Waals surface area contributed by atoms with Crippen LogP contribution in [0.15, 0.2) is 42.5 Å². The van der Waals surface area contributed by atoms with Gasteiger partial charge in [0.05, 0.1) is 6.54 Å². The van der Waals surface area contributed by atoms with Gasteiger partial charge in [0.2, 0.25) is 17.7 Å². The number of aryl methyl sites for hydroxylation is 1. The van der Waals surface area contributed by atoms with Crippen molar-refractivity contribution in [2.45, 2.75) is 19.4 Å². The van der Waals surface area contributed by atoms with Crippen LogP contribution < -0.4 is 10.1 Å². The van der Waals surface area contributed by atoms with Crippen molar-refractivity contribution in [3.8, 4) is 5.88 Å². The van der Waals surface area contributed by atoms with Crippen LogP contribution in [0.5, 0.6) is 5.88 Å². The highest BCUT2D eigenvalue weighted by atomic mass is 19.1. The number of aromatic nitrogens is 1. The van der Waals surface area contributed by atoms with E-state index in [0.717, 1.165) is 24.2 Å². The molecule has 2 heterocycles. The monoisotopic (exact) mass is 329 g/mol. The second-order valence-corrected chi connectivity index (χ2v) is 5.98. The van der Waals surface area contributed by atoms with Gasteiger partial charge in [-0.3, -0.25) is 9.69 Å². The van der Waals surface area contributed by atoms with E-state index in [9.17, 15) is 9.18 Å². The summed E-state index contributed by atoms with van der Waals surface area (Å²) in [6.07, 6.45) is 0.710. The number of rotatable bonds is 5. The summed E-state index contributed by atoms with van der Waals surface area (Å²) in [6, 6.07) is 12.2. The number of ether oxygens (including phenoxy) is 1. The lowest BCUT2D eigenvalue weighted by Gasteiger charge is -2.16. The number of carbonyl (C=O) groups excluding carboxylic acids is 1. The Kier molecular flexibility index (Phi) is 5.05. The standard InChI is InChI=1S/C18H20FN3O2/c1-13-4-2-5-14(10-13)20-17(23)12-22-9-8-15(11-22)24-18-7-3-6-16(19)21-18/h2-7,10,15H,8-9,11-12H2,1H3,(H,20,23). The molecule has 1 aromatic heterocycles. The number of carbonyl (C=O) groups is 1. The molecule has 24 heavy (non-hydrogen) atoms. The van der Waals surface area contributed by atoms with Crippen molar-refractivity contribution in [2.75, 3.05) is 25.0 Å². The maximum atomic E-state index is 13.1. The van der Waals surface area contributed by atoms with Gasteiger partial charge in [-0.1, -0.05) is 18.2 Å². The van der Waals surface area contributed by atoms with Crippen LogP contribution in [0, 0.1) is 12.9 Å². The fourth-order valence-electron chi connectivity index (χ4n) is 2.79. The van der Waals surface area contributed by atoms with E-state index in [1.54, 1.807) is 12.1 Å². The summed E-state index contributed by atoms with van der Waals surface area (Å²) in [5.41, 5.74) is 1.90. The summed E-state index contributed by atoms with van der Waals surface area (Å²) >= 11 is 0. The van der Waals surface area contributed by atoms with Gasteiger partial charge in [-0.05, 0) is 37.1 Å². The molecular formula is C18H20FN3O2. The minimum Gasteiger partial charge on any atom is -0.473 e. The van der Waals surface area contributed by atoms with Crippen molar-refractivity contribution in [1.29, 1.82) is 0 Å². The van der Waals surface area contributed by atoms with Gasteiger partial charge < -0.3 is 10.1 Å². The van der Waals surface area contributed by atoms with Gasteiger partial charge in [0.15, 0.2) is 0 Å². The van der Waals surface area contributed by atoms with E-state index in [1.165, 1.54) is 6.07 Å². The number of nitrogens with one attached hydrogen (secondary N) is 1. The van der Waals surface area contributed by atoms with Crippen molar-refractivity contribution in [2.24, 2.45) is 0 Å². The van der Waals surface area contributed by atoms with Gasteiger partial charge in [0.25, 0.3) is 0 Å². The number of hydrogen-bond acceptors (Lipinski definition) is 4. The maximum Gasteiger partial charge on any atom is 0.238 e. The Morgan fingerprint density at radius 2 is 2.21 bits per heavy atom. The smallest absolute Gasteiger partial charge is 0.238 e. The average Bonchev–Trinajstić information content (AvgIpc) is 2.94. The van der Waals surface area contributed by atoms with Crippen LogP contribution in [-0.4, -0.2) is 41.5 Å². The Balaban J connectivity index is 1.48. The van der Waals surface area contributed by atoms with E-state index in [-0.39, 0.29) is 17.9 Å². The molecule has 0 saturated carbocycles. The maximum absolute atomic E-state index is 13.1. The Hall–Kier alpha value is -2.47. The van der Waals surface area contributed by atoms with E-state index < -0.39 is 5.95 Å². The summed E-state index contributed by atoms with van der Waals surface area (Å²) < 4.78 is 18.7. The Labute approximate surface area is 140 Å². The topological polar surface area (TPSA) is 54.5 Å². The van der Waals surface area contributed by atoms with E-state index in [2.05, 4.69) is 10.3 Å². The van der Waals surface area contributed by atoms with Gasteiger partial charge in [0, 0.05) is 24.8 Å². The van der Waals surface area contributed by atoms with Gasteiger partial charge in [0.1, 0.15) is 6.10 Å². The van der Waals surface area contributed by atoms with Gasteiger partial charge in [-0.25, -0.2) is 0 Å². The number of nitrogens with zero attached hydrogens (tertiary/aromatic N) is 2. The van der Waals surface area contributed by atoms with E-state index in [0.29, 0.717) is 13.1 Å². The molecular weight excluding hydrogens is 309 g/mol. The Bertz CT molecular complexity index is 723. The molecule has 1 aliphatic heterocycles. The zero-order valence-electron chi connectivity index (χ0n) is 13.5. The molecule has 1 aliphatic rings. The third-order valence-electron chi connectivity index (χ3n) is 3.88. The number of pyridine rings is 1. The van der Waals surface area contributed by atoms with Crippen LogP contribution in [0.25, 0.3) is 0 Å². The number of anilines is 1. The molecule has 0 spiro atoms. The lowest BCUT2D eigenvalue weighted by molar-refractivity contribution is -0.117.